The number of halogens is 6. The lowest BCUT2D eigenvalue weighted by Crippen LogP contribution is -2.05. The molecule has 0 aliphatic carbocycles. The first-order valence-corrected chi connectivity index (χ1v) is 7.42. The number of rotatable bonds is 2. The minimum Gasteiger partial charge on any atom is -0.166 e. The van der Waals surface area contributed by atoms with E-state index in [4.69, 9.17) is 23.2 Å². The van der Waals surface area contributed by atoms with E-state index in [1.165, 1.54) is 0 Å². The largest absolute Gasteiger partial charge is 0.416 e. The van der Waals surface area contributed by atoms with Crippen LogP contribution in [0.25, 0.3) is 11.1 Å². The van der Waals surface area contributed by atoms with Crippen molar-refractivity contribution in [2.24, 2.45) is 0 Å². The Bertz CT molecular complexity index is 639. The zero-order valence-corrected chi connectivity index (χ0v) is 13.0. The lowest BCUT2D eigenvalue weighted by Gasteiger charge is -2.13. The monoisotopic (exact) mass is 382 g/mol. The summed E-state index contributed by atoms with van der Waals surface area (Å²) in [5, 5.41) is 0.873. The molecule has 0 nitrogen and oxygen atoms in total. The molecule has 0 fully saturated rings. The highest BCUT2D eigenvalue weighted by Crippen LogP contribution is 2.38. The minimum absolute atomic E-state index is 0.244. The van der Waals surface area contributed by atoms with Crippen molar-refractivity contribution in [1.82, 2.24) is 0 Å². The molecule has 6 heteroatoms. The van der Waals surface area contributed by atoms with Gasteiger partial charge < -0.3 is 0 Å². The van der Waals surface area contributed by atoms with Crippen molar-refractivity contribution in [3.8, 4) is 11.1 Å². The molecule has 0 N–H and O–H groups in total. The molecule has 0 aliphatic heterocycles. The topological polar surface area (TPSA) is 0 Å². The fourth-order valence-corrected chi connectivity index (χ4v) is 2.55. The molecule has 0 saturated carbocycles. The standard InChI is InChI=1S/C14H8BrCl2F3/c15-7-8-4-9(6-10(5-8)14(18,19)20)11-2-1-3-12(16)13(11)17/h1-6H,7H2. The van der Waals surface area contributed by atoms with Crippen LogP contribution < -0.4 is 0 Å². The van der Waals surface area contributed by atoms with Gasteiger partial charge in [-0.2, -0.15) is 13.2 Å². The van der Waals surface area contributed by atoms with Gasteiger partial charge in [0, 0.05) is 10.9 Å². The average molecular weight is 384 g/mol. The lowest BCUT2D eigenvalue weighted by atomic mass is 10.00. The van der Waals surface area contributed by atoms with Gasteiger partial charge in [0.05, 0.1) is 15.6 Å². The van der Waals surface area contributed by atoms with Gasteiger partial charge in [0.2, 0.25) is 0 Å². The highest BCUT2D eigenvalue weighted by molar-refractivity contribution is 9.08. The molecule has 20 heavy (non-hydrogen) atoms. The molecule has 0 spiro atoms. The molecular weight excluding hydrogens is 376 g/mol. The third-order valence-corrected chi connectivity index (χ3v) is 4.20. The molecule has 0 atom stereocenters. The van der Waals surface area contributed by atoms with Crippen LogP contribution in [-0.2, 0) is 11.5 Å². The highest BCUT2D eigenvalue weighted by Gasteiger charge is 2.31. The van der Waals surface area contributed by atoms with Gasteiger partial charge in [0.1, 0.15) is 0 Å². The van der Waals surface area contributed by atoms with Gasteiger partial charge in [-0.1, -0.05) is 57.3 Å². The second kappa shape index (κ2) is 5.96. The fourth-order valence-electron chi connectivity index (χ4n) is 1.82. The van der Waals surface area contributed by atoms with Crippen LogP contribution in [0.15, 0.2) is 36.4 Å². The van der Waals surface area contributed by atoms with Crippen molar-refractivity contribution in [1.29, 1.82) is 0 Å². The Labute approximate surface area is 132 Å². The molecule has 2 rings (SSSR count). The summed E-state index contributed by atoms with van der Waals surface area (Å²) < 4.78 is 38.7. The van der Waals surface area contributed by atoms with Crippen molar-refractivity contribution >= 4 is 39.1 Å². The number of benzene rings is 2. The summed E-state index contributed by atoms with van der Waals surface area (Å²) in [6.45, 7) is 0. The summed E-state index contributed by atoms with van der Waals surface area (Å²) in [4.78, 5) is 0. The molecule has 0 aliphatic rings. The summed E-state index contributed by atoms with van der Waals surface area (Å²) >= 11 is 15.1. The van der Waals surface area contributed by atoms with E-state index < -0.39 is 11.7 Å². The third kappa shape index (κ3) is 3.30. The lowest BCUT2D eigenvalue weighted by molar-refractivity contribution is -0.137. The van der Waals surface area contributed by atoms with Gasteiger partial charge in [-0.25, -0.2) is 0 Å². The van der Waals surface area contributed by atoms with E-state index in [0.717, 1.165) is 12.1 Å². The molecule has 2 aromatic carbocycles. The normalized spacial score (nSPS) is 11.7. The van der Waals surface area contributed by atoms with Gasteiger partial charge in [-0.3, -0.25) is 0 Å². The number of hydrogen-bond donors (Lipinski definition) is 0. The minimum atomic E-state index is -4.40. The number of alkyl halides is 4. The number of hydrogen-bond acceptors (Lipinski definition) is 0. The van der Waals surface area contributed by atoms with Crippen LogP contribution in [-0.4, -0.2) is 0 Å². The smallest absolute Gasteiger partial charge is 0.166 e. The van der Waals surface area contributed by atoms with E-state index in [0.29, 0.717) is 27.0 Å². The summed E-state index contributed by atoms with van der Waals surface area (Å²) in [6.07, 6.45) is -4.40. The third-order valence-electron chi connectivity index (χ3n) is 2.74. The summed E-state index contributed by atoms with van der Waals surface area (Å²) in [7, 11) is 0. The first-order valence-electron chi connectivity index (χ1n) is 5.54. The molecule has 0 radical (unpaired) electrons. The van der Waals surface area contributed by atoms with Crippen LogP contribution in [0.4, 0.5) is 13.2 Å². The Morgan fingerprint density at radius 2 is 1.75 bits per heavy atom. The van der Waals surface area contributed by atoms with Gasteiger partial charge in [-0.05, 0) is 29.3 Å². The maximum Gasteiger partial charge on any atom is 0.416 e. The predicted octanol–water partition coefficient (Wildman–Crippen LogP) is 6.57. The van der Waals surface area contributed by atoms with Gasteiger partial charge in [-0.15, -0.1) is 0 Å². The molecule has 106 valence electrons. The molecule has 0 unspecified atom stereocenters. The average Bonchev–Trinajstić information content (AvgIpc) is 2.40. The van der Waals surface area contributed by atoms with Crippen molar-refractivity contribution in [2.45, 2.75) is 11.5 Å². The summed E-state index contributed by atoms with van der Waals surface area (Å²) in [5.74, 6) is 0. The first-order chi connectivity index (χ1) is 9.32. The van der Waals surface area contributed by atoms with Crippen LogP contribution in [0.1, 0.15) is 11.1 Å². The Balaban J connectivity index is 2.65. The quantitative estimate of drug-likeness (QED) is 0.514. The van der Waals surface area contributed by atoms with Crippen LogP contribution in [0.5, 0.6) is 0 Å². The van der Waals surface area contributed by atoms with Gasteiger partial charge >= 0.3 is 6.18 Å². The van der Waals surface area contributed by atoms with E-state index >= 15 is 0 Å². The zero-order chi connectivity index (χ0) is 14.9. The van der Waals surface area contributed by atoms with E-state index in [9.17, 15) is 13.2 Å². The van der Waals surface area contributed by atoms with Crippen molar-refractivity contribution in [3.63, 3.8) is 0 Å². The molecular formula is C14H8BrCl2F3. The second-order valence-corrected chi connectivity index (χ2v) is 5.50. The van der Waals surface area contributed by atoms with E-state index in [-0.39, 0.29) is 5.02 Å². The van der Waals surface area contributed by atoms with E-state index in [1.54, 1.807) is 24.3 Å². The predicted molar refractivity (Wildman–Crippen MR) is 79.5 cm³/mol. The molecule has 0 saturated heterocycles. The summed E-state index contributed by atoms with van der Waals surface area (Å²) in [5.41, 5.74) is 0.681. The maximum atomic E-state index is 12.9. The van der Waals surface area contributed by atoms with E-state index in [2.05, 4.69) is 15.9 Å². The Hall–Kier alpha value is -0.710. The highest BCUT2D eigenvalue weighted by atomic mass is 79.9. The molecule has 0 aromatic heterocycles. The van der Waals surface area contributed by atoms with Crippen LogP contribution >= 0.6 is 39.1 Å². The SMILES string of the molecule is FC(F)(F)c1cc(CBr)cc(-c2cccc(Cl)c2Cl)c1. The zero-order valence-electron chi connectivity index (χ0n) is 9.94. The van der Waals surface area contributed by atoms with Crippen LogP contribution in [0, 0.1) is 0 Å². The van der Waals surface area contributed by atoms with Gasteiger partial charge in [0.15, 0.2) is 0 Å². The Kier molecular flexibility index (Phi) is 4.67. The second-order valence-electron chi connectivity index (χ2n) is 4.15. The molecule has 2 aromatic rings. The van der Waals surface area contributed by atoms with Crippen molar-refractivity contribution in [2.75, 3.05) is 0 Å². The maximum absolute atomic E-state index is 12.9. The summed E-state index contributed by atoms with van der Waals surface area (Å²) in [6, 6.07) is 8.72. The van der Waals surface area contributed by atoms with E-state index in [1.807, 2.05) is 0 Å². The molecule has 0 bridgehead atoms. The van der Waals surface area contributed by atoms with Gasteiger partial charge in [0.25, 0.3) is 0 Å². The fraction of sp³-hybridized carbons (Fsp3) is 0.143. The van der Waals surface area contributed by atoms with Crippen molar-refractivity contribution in [3.05, 3.63) is 57.6 Å². The molecule has 0 amide bonds. The molecule has 0 heterocycles. The first kappa shape index (κ1) is 15.7. The van der Waals surface area contributed by atoms with Crippen LogP contribution in [0.2, 0.25) is 10.0 Å². The Morgan fingerprint density at radius 3 is 2.35 bits per heavy atom. The Morgan fingerprint density at radius 1 is 1.05 bits per heavy atom. The van der Waals surface area contributed by atoms with Crippen LogP contribution in [0.3, 0.4) is 0 Å². The van der Waals surface area contributed by atoms with Crippen molar-refractivity contribution < 1.29 is 13.2 Å².